The topological polar surface area (TPSA) is 59.1 Å². The van der Waals surface area contributed by atoms with Gasteiger partial charge in [-0.25, -0.2) is 4.39 Å². The van der Waals surface area contributed by atoms with Crippen molar-refractivity contribution in [2.75, 3.05) is 12.4 Å². The van der Waals surface area contributed by atoms with Crippen LogP contribution in [0.3, 0.4) is 0 Å². The molecule has 0 bridgehead atoms. The minimum absolute atomic E-state index is 0.0436. The van der Waals surface area contributed by atoms with Gasteiger partial charge in [0.15, 0.2) is 16.7 Å². The van der Waals surface area contributed by atoms with Crippen LogP contribution in [0.25, 0.3) is 0 Å². The third-order valence-corrected chi connectivity index (χ3v) is 2.12. The number of amidine groups is 1. The molecule has 3 N–H and O–H groups in total. The van der Waals surface area contributed by atoms with Crippen LogP contribution >= 0.6 is 11.8 Å². The Kier molecular flexibility index (Phi) is 4.25. The van der Waals surface area contributed by atoms with Crippen LogP contribution in [0.5, 0.6) is 5.75 Å². The molecule has 0 aromatic heterocycles. The molecule has 0 heterocycles. The van der Waals surface area contributed by atoms with Crippen LogP contribution in [0.15, 0.2) is 24.3 Å². The zero-order valence-electron chi connectivity index (χ0n) is 7.50. The fourth-order valence-electron chi connectivity index (χ4n) is 0.865. The Morgan fingerprint density at radius 2 is 2.21 bits per heavy atom. The van der Waals surface area contributed by atoms with Gasteiger partial charge in [-0.15, -0.1) is 0 Å². The van der Waals surface area contributed by atoms with Gasteiger partial charge < -0.3 is 10.5 Å². The van der Waals surface area contributed by atoms with Crippen molar-refractivity contribution in [2.24, 2.45) is 5.73 Å². The van der Waals surface area contributed by atoms with E-state index in [1.807, 2.05) is 0 Å². The van der Waals surface area contributed by atoms with Crippen molar-refractivity contribution in [3.63, 3.8) is 0 Å². The molecule has 1 rings (SSSR count). The summed E-state index contributed by atoms with van der Waals surface area (Å²) in [5.74, 6) is 0.404. The van der Waals surface area contributed by atoms with E-state index in [9.17, 15) is 4.39 Å². The Morgan fingerprint density at radius 1 is 1.50 bits per heavy atom. The van der Waals surface area contributed by atoms with E-state index >= 15 is 0 Å². The number of nitrogens with one attached hydrogen (secondary N) is 1. The molecule has 0 aliphatic rings. The van der Waals surface area contributed by atoms with Crippen molar-refractivity contribution >= 4 is 16.9 Å². The van der Waals surface area contributed by atoms with Gasteiger partial charge in [0, 0.05) is 5.75 Å². The molecule has 1 aromatic carbocycles. The second-order valence-corrected chi connectivity index (χ2v) is 3.63. The van der Waals surface area contributed by atoms with Crippen molar-refractivity contribution in [2.45, 2.75) is 0 Å². The molecule has 1 aromatic rings. The van der Waals surface area contributed by atoms with E-state index in [0.717, 1.165) is 0 Å². The summed E-state index contributed by atoms with van der Waals surface area (Å²) in [7, 11) is 0. The molecule has 0 saturated carbocycles. The van der Waals surface area contributed by atoms with Crippen LogP contribution in [0.2, 0.25) is 0 Å². The summed E-state index contributed by atoms with van der Waals surface area (Å²) in [6.07, 6.45) is 0. The Bertz CT molecular complexity index is 319. The average Bonchev–Trinajstić information content (AvgIpc) is 2.15. The highest BCUT2D eigenvalue weighted by molar-refractivity contribution is 8.13. The molecule has 0 amide bonds. The quantitative estimate of drug-likeness (QED) is 0.456. The third-order valence-electron chi connectivity index (χ3n) is 1.44. The largest absolute Gasteiger partial charge is 0.490 e. The number of benzene rings is 1. The van der Waals surface area contributed by atoms with Crippen molar-refractivity contribution in [1.29, 1.82) is 5.41 Å². The zero-order valence-corrected chi connectivity index (χ0v) is 8.31. The number of nitrogens with two attached hydrogens (primary N) is 1. The second kappa shape index (κ2) is 5.49. The Labute approximate surface area is 86.0 Å². The maximum Gasteiger partial charge on any atom is 0.165 e. The molecular formula is C9H11FN2OS. The fraction of sp³-hybridized carbons (Fsp3) is 0.222. The van der Waals surface area contributed by atoms with E-state index in [1.54, 1.807) is 18.2 Å². The minimum atomic E-state index is -0.375. The Hall–Kier alpha value is -1.23. The van der Waals surface area contributed by atoms with E-state index in [0.29, 0.717) is 12.4 Å². The first-order chi connectivity index (χ1) is 6.70. The molecule has 0 aliphatic carbocycles. The summed E-state index contributed by atoms with van der Waals surface area (Å²) < 4.78 is 18.1. The SMILES string of the molecule is N=C(N)SCCOc1ccccc1F. The van der Waals surface area contributed by atoms with Gasteiger partial charge in [0.1, 0.15) is 0 Å². The Morgan fingerprint density at radius 3 is 2.86 bits per heavy atom. The summed E-state index contributed by atoms with van der Waals surface area (Å²) in [6, 6.07) is 6.21. The fourth-order valence-corrected chi connectivity index (χ4v) is 1.25. The monoisotopic (exact) mass is 214 g/mol. The molecule has 0 unspecified atom stereocenters. The summed E-state index contributed by atoms with van der Waals surface area (Å²) >= 11 is 1.17. The highest BCUT2D eigenvalue weighted by Gasteiger charge is 2.00. The third kappa shape index (κ3) is 3.66. The smallest absolute Gasteiger partial charge is 0.165 e. The van der Waals surface area contributed by atoms with E-state index < -0.39 is 0 Å². The maximum absolute atomic E-state index is 13.0. The van der Waals surface area contributed by atoms with Gasteiger partial charge in [-0.1, -0.05) is 23.9 Å². The lowest BCUT2D eigenvalue weighted by Gasteiger charge is -2.05. The van der Waals surface area contributed by atoms with Gasteiger partial charge in [0.05, 0.1) is 6.61 Å². The summed E-state index contributed by atoms with van der Waals surface area (Å²) in [5, 5.41) is 6.97. The normalized spacial score (nSPS) is 9.79. The van der Waals surface area contributed by atoms with Crippen molar-refractivity contribution < 1.29 is 9.13 Å². The molecule has 76 valence electrons. The number of thioether (sulfide) groups is 1. The Balaban J connectivity index is 2.31. The van der Waals surface area contributed by atoms with Crippen LogP contribution in [0.1, 0.15) is 0 Å². The van der Waals surface area contributed by atoms with Crippen LogP contribution < -0.4 is 10.5 Å². The highest BCUT2D eigenvalue weighted by atomic mass is 32.2. The molecule has 0 saturated heterocycles. The van der Waals surface area contributed by atoms with E-state index in [4.69, 9.17) is 15.9 Å². The predicted molar refractivity (Wildman–Crippen MR) is 56.3 cm³/mol. The van der Waals surface area contributed by atoms with Gasteiger partial charge in [-0.2, -0.15) is 0 Å². The molecular weight excluding hydrogens is 203 g/mol. The molecule has 5 heteroatoms. The van der Waals surface area contributed by atoms with Crippen LogP contribution in [-0.2, 0) is 0 Å². The van der Waals surface area contributed by atoms with Crippen LogP contribution in [0, 0.1) is 11.2 Å². The average molecular weight is 214 g/mol. The van der Waals surface area contributed by atoms with Crippen molar-refractivity contribution in [1.82, 2.24) is 0 Å². The van der Waals surface area contributed by atoms with Crippen LogP contribution in [-0.4, -0.2) is 17.5 Å². The van der Waals surface area contributed by atoms with Crippen molar-refractivity contribution in [3.8, 4) is 5.75 Å². The lowest BCUT2D eigenvalue weighted by molar-refractivity contribution is 0.325. The summed E-state index contributed by atoms with van der Waals surface area (Å²) in [4.78, 5) is 0. The van der Waals surface area contributed by atoms with Crippen LogP contribution in [0.4, 0.5) is 4.39 Å². The molecule has 0 atom stereocenters. The van der Waals surface area contributed by atoms with E-state index in [-0.39, 0.29) is 16.7 Å². The van der Waals surface area contributed by atoms with Gasteiger partial charge in [0.25, 0.3) is 0 Å². The minimum Gasteiger partial charge on any atom is -0.490 e. The molecule has 0 radical (unpaired) electrons. The number of para-hydroxylation sites is 1. The summed E-state index contributed by atoms with van der Waals surface area (Å²) in [6.45, 7) is 0.338. The number of ether oxygens (including phenoxy) is 1. The molecule has 0 fully saturated rings. The molecule has 0 spiro atoms. The number of halogens is 1. The second-order valence-electron chi connectivity index (χ2n) is 2.49. The van der Waals surface area contributed by atoms with Gasteiger partial charge >= 0.3 is 0 Å². The number of hydrogen-bond acceptors (Lipinski definition) is 3. The van der Waals surface area contributed by atoms with Crippen molar-refractivity contribution in [3.05, 3.63) is 30.1 Å². The standard InChI is InChI=1S/C9H11FN2OS/c10-7-3-1-2-4-8(7)13-5-6-14-9(11)12/h1-4H,5-6H2,(H3,11,12). The highest BCUT2D eigenvalue weighted by Crippen LogP contribution is 2.15. The van der Waals surface area contributed by atoms with Gasteiger partial charge in [-0.3, -0.25) is 5.41 Å². The molecule has 3 nitrogen and oxygen atoms in total. The maximum atomic E-state index is 13.0. The van der Waals surface area contributed by atoms with E-state index in [2.05, 4.69) is 0 Å². The number of rotatable bonds is 4. The molecule has 14 heavy (non-hydrogen) atoms. The van der Waals surface area contributed by atoms with Gasteiger partial charge in [0.2, 0.25) is 0 Å². The predicted octanol–water partition coefficient (Wildman–Crippen LogP) is 1.83. The summed E-state index contributed by atoms with van der Waals surface area (Å²) in [5.41, 5.74) is 5.12. The first-order valence-electron chi connectivity index (χ1n) is 4.04. The zero-order chi connectivity index (χ0) is 10.4. The van der Waals surface area contributed by atoms with Gasteiger partial charge in [-0.05, 0) is 12.1 Å². The number of hydrogen-bond donors (Lipinski definition) is 2. The molecule has 0 aliphatic heterocycles. The first-order valence-corrected chi connectivity index (χ1v) is 5.03. The lowest BCUT2D eigenvalue weighted by atomic mass is 10.3. The first kappa shape index (κ1) is 10.8. The lowest BCUT2D eigenvalue weighted by Crippen LogP contribution is -2.09. The van der Waals surface area contributed by atoms with E-state index in [1.165, 1.54) is 17.8 Å².